The van der Waals surface area contributed by atoms with Gasteiger partial charge in [0.2, 0.25) is 16.0 Å². The number of carbonyl (C=O) groups is 1. The number of guanidine groups is 1. The normalized spacial score (nSPS) is 22.5. The lowest BCUT2D eigenvalue weighted by molar-refractivity contribution is 0.0992. The minimum atomic E-state index is -9.93. The number of hydrogen-bond acceptors (Lipinski definition) is 5. The number of rotatable bonds is 5. The topological polar surface area (TPSA) is 92.8 Å². The molecule has 2 aromatic rings. The van der Waals surface area contributed by atoms with E-state index >= 15 is 0 Å². The van der Waals surface area contributed by atoms with Gasteiger partial charge in [0.25, 0.3) is 0 Å². The second kappa shape index (κ2) is 7.10. The molecule has 2 aromatic carbocycles. The molecule has 1 heterocycles. The van der Waals surface area contributed by atoms with Crippen molar-refractivity contribution in [3.8, 4) is 0 Å². The molecule has 2 N–H and O–H groups in total. The van der Waals surface area contributed by atoms with Crippen molar-refractivity contribution in [2.45, 2.75) is 23.8 Å². The van der Waals surface area contributed by atoms with Crippen LogP contribution in [-0.2, 0) is 22.0 Å². The third kappa shape index (κ3) is 4.99. The van der Waals surface area contributed by atoms with Gasteiger partial charge in [0.15, 0.2) is 17.4 Å². The minimum Gasteiger partial charge on any atom is -0.369 e. The van der Waals surface area contributed by atoms with Crippen LogP contribution in [0.15, 0.2) is 46.3 Å². The lowest BCUT2D eigenvalue weighted by Crippen LogP contribution is -2.50. The molecule has 0 spiro atoms. The van der Waals surface area contributed by atoms with E-state index in [9.17, 15) is 41.4 Å². The second-order valence-corrected chi connectivity index (χ2v) is 12.4. The summed E-state index contributed by atoms with van der Waals surface area (Å²) in [5, 5.41) is 0. The Labute approximate surface area is 190 Å². The van der Waals surface area contributed by atoms with E-state index in [1.165, 1.54) is 6.92 Å². The standard InChI is InChI=1S/C19H18F7N3O3S2/c1-19(10-33(31,32)29(2)18(27)28-19)14-7-11(8-15(20)17(14)21)9-16(30)12-3-5-13(6-4-12)34(22,23,24,25)26/h3-8H,9-10H2,1-2H3,(H2,27,28)/t19-/m0/s1. The third-order valence-corrected chi connectivity index (χ3v) is 8.33. The van der Waals surface area contributed by atoms with Crippen molar-refractivity contribution in [1.82, 2.24) is 4.31 Å². The van der Waals surface area contributed by atoms with Crippen LogP contribution in [0.1, 0.15) is 28.4 Å². The molecule has 0 amide bonds. The molecule has 0 bridgehead atoms. The maximum absolute atomic E-state index is 14.6. The predicted molar refractivity (Wildman–Crippen MR) is 113 cm³/mol. The monoisotopic (exact) mass is 533 g/mol. The van der Waals surface area contributed by atoms with Gasteiger partial charge >= 0.3 is 10.2 Å². The first-order valence-corrected chi connectivity index (χ1v) is 12.9. The number of hydrogen-bond donors (Lipinski definition) is 1. The van der Waals surface area contributed by atoms with Crippen molar-refractivity contribution < 1.29 is 41.4 Å². The third-order valence-electron chi connectivity index (χ3n) is 5.22. The van der Waals surface area contributed by atoms with Crippen LogP contribution >= 0.6 is 10.2 Å². The van der Waals surface area contributed by atoms with E-state index < -0.39 is 71.8 Å². The summed E-state index contributed by atoms with van der Waals surface area (Å²) in [6.45, 7) is 1.20. The zero-order chi connectivity index (χ0) is 26.0. The Bertz CT molecular complexity index is 1330. The summed E-state index contributed by atoms with van der Waals surface area (Å²) in [4.78, 5) is 14.3. The first kappa shape index (κ1) is 25.8. The summed E-state index contributed by atoms with van der Waals surface area (Å²) in [5.74, 6) is -4.96. The van der Waals surface area contributed by atoms with Crippen LogP contribution < -0.4 is 5.73 Å². The summed E-state index contributed by atoms with van der Waals surface area (Å²) < 4.78 is 119. The van der Waals surface area contributed by atoms with Gasteiger partial charge in [0, 0.05) is 24.6 Å². The highest BCUT2D eigenvalue weighted by Crippen LogP contribution is 3.02. The SMILES string of the molecule is CN1C(N)=N[C@](C)(c2cc(CC(=O)c3ccc(S(F)(F)(F)(F)F)cc3)cc(F)c2F)CS1(=O)=O. The van der Waals surface area contributed by atoms with E-state index in [1.54, 1.807) is 0 Å². The van der Waals surface area contributed by atoms with Crippen molar-refractivity contribution >= 4 is 32.0 Å². The molecule has 0 saturated carbocycles. The minimum absolute atomic E-state index is 0.0629. The molecule has 0 unspecified atom stereocenters. The molecule has 3 rings (SSSR count). The second-order valence-electron chi connectivity index (χ2n) is 8.00. The lowest BCUT2D eigenvalue weighted by Gasteiger charge is -2.40. The molecule has 34 heavy (non-hydrogen) atoms. The Morgan fingerprint density at radius 1 is 1.12 bits per heavy atom. The molecule has 188 valence electrons. The van der Waals surface area contributed by atoms with Crippen LogP contribution in [0.4, 0.5) is 28.2 Å². The Morgan fingerprint density at radius 3 is 2.18 bits per heavy atom. The van der Waals surface area contributed by atoms with Gasteiger partial charge in [0.1, 0.15) is 10.4 Å². The highest BCUT2D eigenvalue weighted by molar-refractivity contribution is 8.45. The van der Waals surface area contributed by atoms with Gasteiger partial charge in [-0.2, -0.15) is 0 Å². The van der Waals surface area contributed by atoms with Gasteiger partial charge in [-0.15, -0.1) is 0 Å². The maximum Gasteiger partial charge on any atom is 0.310 e. The molecule has 15 heteroatoms. The summed E-state index contributed by atoms with van der Waals surface area (Å²) in [5.41, 5.74) is 2.72. The summed E-state index contributed by atoms with van der Waals surface area (Å²) in [6.07, 6.45) is -0.651. The molecule has 0 aromatic heterocycles. The molecule has 6 nitrogen and oxygen atoms in total. The van der Waals surface area contributed by atoms with Crippen molar-refractivity contribution in [1.29, 1.82) is 0 Å². The van der Waals surface area contributed by atoms with Gasteiger partial charge < -0.3 is 5.73 Å². The maximum atomic E-state index is 14.6. The summed E-state index contributed by atoms with van der Waals surface area (Å²) in [6, 6.07) is 2.87. The fourth-order valence-corrected chi connectivity index (χ4v) is 5.51. The van der Waals surface area contributed by atoms with Crippen molar-refractivity contribution in [2.24, 2.45) is 10.7 Å². The van der Waals surface area contributed by atoms with Crippen LogP contribution in [-0.4, -0.2) is 37.3 Å². The van der Waals surface area contributed by atoms with Crippen molar-refractivity contribution in [3.63, 3.8) is 0 Å². The molecule has 0 fully saturated rings. The quantitative estimate of drug-likeness (QED) is 0.439. The highest BCUT2D eigenvalue weighted by Gasteiger charge is 2.65. The van der Waals surface area contributed by atoms with Gasteiger partial charge in [-0.05, 0) is 48.9 Å². The smallest absolute Gasteiger partial charge is 0.310 e. The Morgan fingerprint density at radius 2 is 1.68 bits per heavy atom. The Hall–Kier alpha value is -2.81. The number of aliphatic imine (C=N–C) groups is 1. The highest BCUT2D eigenvalue weighted by atomic mass is 32.5. The zero-order valence-electron chi connectivity index (χ0n) is 17.5. The molecule has 0 radical (unpaired) electrons. The lowest BCUT2D eigenvalue weighted by atomic mass is 9.90. The van der Waals surface area contributed by atoms with Crippen LogP contribution in [0.25, 0.3) is 0 Å². The fraction of sp³-hybridized carbons (Fsp3) is 0.263. The molecular weight excluding hydrogens is 515 g/mol. The number of nitrogens with zero attached hydrogens (tertiary/aromatic N) is 2. The largest absolute Gasteiger partial charge is 0.369 e. The zero-order valence-corrected chi connectivity index (χ0v) is 19.2. The van der Waals surface area contributed by atoms with Crippen molar-refractivity contribution in [2.75, 3.05) is 12.8 Å². The number of nitrogens with two attached hydrogens (primary N) is 1. The average Bonchev–Trinajstić information content (AvgIpc) is 2.66. The summed E-state index contributed by atoms with van der Waals surface area (Å²) >= 11 is 0. The van der Waals surface area contributed by atoms with Crippen LogP contribution in [0, 0.1) is 11.6 Å². The van der Waals surface area contributed by atoms with Gasteiger partial charge in [-0.1, -0.05) is 19.4 Å². The molecule has 0 aliphatic carbocycles. The van der Waals surface area contributed by atoms with Gasteiger partial charge in [-0.3, -0.25) is 4.79 Å². The van der Waals surface area contributed by atoms with E-state index in [0.29, 0.717) is 22.5 Å². The Balaban J connectivity index is 1.97. The molecular formula is C19H18F7N3O3S2. The molecule has 1 atom stereocenters. The van der Waals surface area contributed by atoms with Crippen molar-refractivity contribution in [3.05, 3.63) is 64.7 Å². The predicted octanol–water partition coefficient (Wildman–Crippen LogP) is 4.85. The number of halogens is 7. The van der Waals surface area contributed by atoms with E-state index in [0.717, 1.165) is 13.1 Å². The van der Waals surface area contributed by atoms with Gasteiger partial charge in [0.05, 0.1) is 5.75 Å². The number of ketones is 1. The van der Waals surface area contributed by atoms with Crippen LogP contribution in [0.2, 0.25) is 0 Å². The number of benzene rings is 2. The first-order chi connectivity index (χ1) is 15.1. The molecule has 0 saturated heterocycles. The number of carbonyl (C=O) groups excluding carboxylic acids is 1. The van der Waals surface area contributed by atoms with E-state index in [2.05, 4.69) is 4.99 Å². The average molecular weight is 533 g/mol. The number of Topliss-reactive ketones (excluding diaryl/α,β-unsaturated/α-hetero) is 1. The van der Waals surface area contributed by atoms with Crippen LogP contribution in [0.3, 0.4) is 0 Å². The van der Waals surface area contributed by atoms with Gasteiger partial charge in [-0.25, -0.2) is 26.5 Å². The Kier molecular flexibility index (Phi) is 5.39. The summed E-state index contributed by atoms with van der Waals surface area (Å²) in [7, 11) is -12.8. The molecule has 1 aliphatic heterocycles. The fourth-order valence-electron chi connectivity index (χ4n) is 3.41. The number of sulfonamides is 1. The van der Waals surface area contributed by atoms with Crippen LogP contribution in [0.5, 0.6) is 0 Å². The molecule has 1 aliphatic rings. The first-order valence-electron chi connectivity index (χ1n) is 9.31. The van der Waals surface area contributed by atoms with E-state index in [4.69, 9.17) is 5.73 Å². The van der Waals surface area contributed by atoms with E-state index in [-0.39, 0.29) is 23.3 Å². The van der Waals surface area contributed by atoms with E-state index in [1.807, 2.05) is 0 Å².